The van der Waals surface area contributed by atoms with Crippen LogP contribution in [0, 0.1) is 0 Å². The number of piperidine rings is 1. The summed E-state index contributed by atoms with van der Waals surface area (Å²) in [5.74, 6) is -0.00905. The largest absolute Gasteiger partial charge is 0.370 e. The number of amides is 2. The van der Waals surface area contributed by atoms with Gasteiger partial charge in [-0.2, -0.15) is 0 Å². The summed E-state index contributed by atoms with van der Waals surface area (Å²) < 4.78 is 0. The minimum atomic E-state index is -0.240. The number of likely N-dealkylation sites (tertiary alicyclic amines) is 1. The number of carbonyl (C=O) groups excluding carboxylic acids is 2. The summed E-state index contributed by atoms with van der Waals surface area (Å²) >= 11 is 0. The molecule has 2 fully saturated rings. The van der Waals surface area contributed by atoms with Crippen molar-refractivity contribution in [3.05, 3.63) is 0 Å². The van der Waals surface area contributed by atoms with Crippen LogP contribution in [0.15, 0.2) is 0 Å². The van der Waals surface area contributed by atoms with Crippen molar-refractivity contribution in [2.24, 2.45) is 5.73 Å². The molecule has 122 valence electrons. The molecule has 0 spiro atoms. The molecule has 2 saturated heterocycles. The van der Waals surface area contributed by atoms with Gasteiger partial charge in [0.15, 0.2) is 0 Å². The third-order valence-electron chi connectivity index (χ3n) is 4.27. The quantitative estimate of drug-likeness (QED) is 0.745. The van der Waals surface area contributed by atoms with Crippen LogP contribution in [0.1, 0.15) is 32.1 Å². The maximum Gasteiger partial charge on any atom is 0.223 e. The van der Waals surface area contributed by atoms with E-state index in [1.807, 2.05) is 4.90 Å². The van der Waals surface area contributed by atoms with Gasteiger partial charge in [-0.3, -0.25) is 14.5 Å². The summed E-state index contributed by atoms with van der Waals surface area (Å²) in [6.45, 7) is 5.13. The molecule has 2 amide bonds. The Bertz CT molecular complexity index is 348. The van der Waals surface area contributed by atoms with Crippen LogP contribution in [0.3, 0.4) is 0 Å². The fourth-order valence-corrected chi connectivity index (χ4v) is 3.13. The Morgan fingerprint density at radius 2 is 1.86 bits per heavy atom. The SMILES string of the molecule is Cl.NC(=O)CC1CCCCN1CCC(=O)N1CCNCC1. The highest BCUT2D eigenvalue weighted by atomic mass is 35.5. The second-order valence-electron chi connectivity index (χ2n) is 5.74. The number of primary amides is 1. The lowest BCUT2D eigenvalue weighted by Crippen LogP contribution is -2.48. The van der Waals surface area contributed by atoms with Gasteiger partial charge in [-0.25, -0.2) is 0 Å². The molecule has 0 radical (unpaired) electrons. The van der Waals surface area contributed by atoms with Crippen molar-refractivity contribution in [2.45, 2.75) is 38.1 Å². The van der Waals surface area contributed by atoms with E-state index in [1.165, 1.54) is 0 Å². The number of nitrogens with two attached hydrogens (primary N) is 1. The zero-order valence-electron chi connectivity index (χ0n) is 12.6. The molecule has 2 rings (SSSR count). The first kappa shape index (κ1) is 18.2. The minimum absolute atomic E-state index is 0. The molecular weight excluding hydrogens is 292 g/mol. The van der Waals surface area contributed by atoms with Crippen molar-refractivity contribution >= 4 is 24.2 Å². The van der Waals surface area contributed by atoms with Crippen LogP contribution in [0.4, 0.5) is 0 Å². The number of nitrogens with one attached hydrogen (secondary N) is 1. The van der Waals surface area contributed by atoms with Crippen LogP contribution >= 0.6 is 12.4 Å². The molecule has 0 bridgehead atoms. The predicted octanol–water partition coefficient (Wildman–Crippen LogP) is -0.0400. The topological polar surface area (TPSA) is 78.7 Å². The van der Waals surface area contributed by atoms with Crippen molar-refractivity contribution < 1.29 is 9.59 Å². The van der Waals surface area contributed by atoms with E-state index in [2.05, 4.69) is 10.2 Å². The number of hydrogen-bond donors (Lipinski definition) is 2. The van der Waals surface area contributed by atoms with Crippen LogP contribution in [0.25, 0.3) is 0 Å². The third-order valence-corrected chi connectivity index (χ3v) is 4.27. The van der Waals surface area contributed by atoms with Crippen molar-refractivity contribution in [3.8, 4) is 0 Å². The highest BCUT2D eigenvalue weighted by Crippen LogP contribution is 2.19. The highest BCUT2D eigenvalue weighted by Gasteiger charge is 2.25. The Morgan fingerprint density at radius 1 is 1.14 bits per heavy atom. The van der Waals surface area contributed by atoms with E-state index in [0.29, 0.717) is 12.8 Å². The molecule has 2 aliphatic heterocycles. The molecule has 0 aromatic heterocycles. The first-order valence-electron chi connectivity index (χ1n) is 7.67. The van der Waals surface area contributed by atoms with Crippen LogP contribution in [0.2, 0.25) is 0 Å². The van der Waals surface area contributed by atoms with Crippen LogP contribution in [-0.4, -0.2) is 66.9 Å². The molecule has 2 aliphatic rings. The summed E-state index contributed by atoms with van der Waals surface area (Å²) in [5.41, 5.74) is 5.31. The van der Waals surface area contributed by atoms with Crippen LogP contribution in [-0.2, 0) is 9.59 Å². The average molecular weight is 319 g/mol. The maximum atomic E-state index is 12.1. The molecule has 0 aliphatic carbocycles. The minimum Gasteiger partial charge on any atom is -0.370 e. The van der Waals surface area contributed by atoms with Gasteiger partial charge >= 0.3 is 0 Å². The van der Waals surface area contributed by atoms with Gasteiger partial charge in [0.2, 0.25) is 11.8 Å². The molecule has 0 aromatic rings. The Morgan fingerprint density at radius 3 is 2.52 bits per heavy atom. The second kappa shape index (κ2) is 9.23. The number of halogens is 1. The van der Waals surface area contributed by atoms with Gasteiger partial charge in [-0.15, -0.1) is 12.4 Å². The van der Waals surface area contributed by atoms with Gasteiger partial charge in [0.25, 0.3) is 0 Å². The van der Waals surface area contributed by atoms with Gasteiger partial charge in [0.05, 0.1) is 0 Å². The van der Waals surface area contributed by atoms with Crippen molar-refractivity contribution in [1.82, 2.24) is 15.1 Å². The lowest BCUT2D eigenvalue weighted by Gasteiger charge is -2.35. The van der Waals surface area contributed by atoms with Gasteiger partial charge in [0, 0.05) is 51.6 Å². The second-order valence-corrected chi connectivity index (χ2v) is 5.74. The summed E-state index contributed by atoms with van der Waals surface area (Å²) in [6.07, 6.45) is 4.29. The summed E-state index contributed by atoms with van der Waals surface area (Å²) in [6, 6.07) is 0.233. The Kier molecular flexibility index (Phi) is 8.00. The lowest BCUT2D eigenvalue weighted by molar-refractivity contribution is -0.132. The average Bonchev–Trinajstić information content (AvgIpc) is 2.46. The Hall–Kier alpha value is -0.850. The van der Waals surface area contributed by atoms with E-state index in [-0.39, 0.29) is 30.3 Å². The Balaban J connectivity index is 0.00000220. The molecule has 6 nitrogen and oxygen atoms in total. The van der Waals surface area contributed by atoms with E-state index in [0.717, 1.165) is 58.5 Å². The zero-order chi connectivity index (χ0) is 14.4. The smallest absolute Gasteiger partial charge is 0.223 e. The van der Waals surface area contributed by atoms with E-state index < -0.39 is 0 Å². The van der Waals surface area contributed by atoms with E-state index in [9.17, 15) is 9.59 Å². The first-order chi connectivity index (χ1) is 9.66. The molecule has 2 heterocycles. The van der Waals surface area contributed by atoms with Gasteiger partial charge < -0.3 is 16.0 Å². The highest BCUT2D eigenvalue weighted by molar-refractivity contribution is 5.85. The zero-order valence-corrected chi connectivity index (χ0v) is 13.4. The van der Waals surface area contributed by atoms with E-state index >= 15 is 0 Å². The van der Waals surface area contributed by atoms with Crippen LogP contribution in [0.5, 0.6) is 0 Å². The fraction of sp³-hybridized carbons (Fsp3) is 0.857. The van der Waals surface area contributed by atoms with Gasteiger partial charge in [-0.1, -0.05) is 6.42 Å². The molecule has 1 unspecified atom stereocenters. The number of piperazine rings is 1. The summed E-state index contributed by atoms with van der Waals surface area (Å²) in [4.78, 5) is 27.5. The van der Waals surface area contributed by atoms with Gasteiger partial charge in [0.1, 0.15) is 0 Å². The van der Waals surface area contributed by atoms with E-state index in [4.69, 9.17) is 5.73 Å². The van der Waals surface area contributed by atoms with Crippen molar-refractivity contribution in [1.29, 1.82) is 0 Å². The Labute approximate surface area is 132 Å². The number of nitrogens with zero attached hydrogens (tertiary/aromatic N) is 2. The normalized spacial score (nSPS) is 23.4. The standard InChI is InChI=1S/C14H26N4O2.ClH/c15-13(19)11-12-3-1-2-7-17(12)8-4-14(20)18-9-5-16-6-10-18;/h12,16H,1-11H2,(H2,15,19);1H. The monoisotopic (exact) mass is 318 g/mol. The lowest BCUT2D eigenvalue weighted by atomic mass is 9.99. The number of rotatable bonds is 5. The summed E-state index contributed by atoms with van der Waals surface area (Å²) in [5, 5.41) is 3.25. The molecule has 0 saturated carbocycles. The van der Waals surface area contributed by atoms with Crippen LogP contribution < -0.4 is 11.1 Å². The molecule has 1 atom stereocenters. The third kappa shape index (κ3) is 5.80. The molecule has 0 aromatic carbocycles. The fourth-order valence-electron chi connectivity index (χ4n) is 3.13. The first-order valence-corrected chi connectivity index (χ1v) is 7.67. The summed E-state index contributed by atoms with van der Waals surface area (Å²) in [7, 11) is 0. The van der Waals surface area contributed by atoms with E-state index in [1.54, 1.807) is 0 Å². The molecule has 3 N–H and O–H groups in total. The predicted molar refractivity (Wildman–Crippen MR) is 84.3 cm³/mol. The molecular formula is C14H27ClN4O2. The maximum absolute atomic E-state index is 12.1. The molecule has 7 heteroatoms. The number of hydrogen-bond acceptors (Lipinski definition) is 4. The van der Waals surface area contributed by atoms with Gasteiger partial charge in [-0.05, 0) is 19.4 Å². The molecule has 21 heavy (non-hydrogen) atoms. The van der Waals surface area contributed by atoms with Crippen molar-refractivity contribution in [2.75, 3.05) is 39.3 Å². The van der Waals surface area contributed by atoms with Crippen molar-refractivity contribution in [3.63, 3.8) is 0 Å². The number of carbonyl (C=O) groups is 2.